The van der Waals surface area contributed by atoms with Crippen LogP contribution >= 0.6 is 0 Å². The lowest BCUT2D eigenvalue weighted by atomic mass is 9.87. The molecule has 3 rings (SSSR count). The molecule has 0 bridgehead atoms. The van der Waals surface area contributed by atoms with E-state index < -0.39 is 0 Å². The maximum atomic E-state index is 9.54. The van der Waals surface area contributed by atoms with Gasteiger partial charge in [-0.25, -0.2) is 0 Å². The Morgan fingerprint density at radius 1 is 1.26 bits per heavy atom. The molecule has 1 aromatic rings. The molecule has 0 radical (unpaired) electrons. The molecule has 3 nitrogen and oxygen atoms in total. The summed E-state index contributed by atoms with van der Waals surface area (Å²) in [6.45, 7) is 2.66. The van der Waals surface area contributed by atoms with Crippen molar-refractivity contribution in [2.24, 2.45) is 5.92 Å². The third kappa shape index (κ3) is 3.48. The summed E-state index contributed by atoms with van der Waals surface area (Å²) in [5.41, 5.74) is 2.65. The summed E-state index contributed by atoms with van der Waals surface area (Å²) in [6, 6.07) is 6.19. The van der Waals surface area contributed by atoms with Crippen molar-refractivity contribution in [1.82, 2.24) is 5.32 Å². The third-order valence-corrected chi connectivity index (χ3v) is 4.13. The molecule has 0 saturated heterocycles. The maximum Gasteiger partial charge on any atom is 0.115 e. The number of ether oxygens (including phenoxy) is 1. The van der Waals surface area contributed by atoms with E-state index in [4.69, 9.17) is 4.74 Å². The van der Waals surface area contributed by atoms with Crippen molar-refractivity contribution in [2.75, 3.05) is 19.8 Å². The third-order valence-electron chi connectivity index (χ3n) is 4.13. The van der Waals surface area contributed by atoms with Gasteiger partial charge in [0, 0.05) is 19.2 Å². The predicted molar refractivity (Wildman–Crippen MR) is 75.3 cm³/mol. The Labute approximate surface area is 115 Å². The molecular formula is C16H23NO2. The number of rotatable bonds is 6. The Kier molecular flexibility index (Phi) is 4.04. The van der Waals surface area contributed by atoms with Crippen molar-refractivity contribution in [3.63, 3.8) is 0 Å². The van der Waals surface area contributed by atoms with Crippen LogP contribution in [0.25, 0.3) is 0 Å². The van der Waals surface area contributed by atoms with Crippen molar-refractivity contribution in [3.05, 3.63) is 29.3 Å². The second-order valence-electron chi connectivity index (χ2n) is 5.80. The number of aryl methyl sites for hydroxylation is 1. The summed E-state index contributed by atoms with van der Waals surface area (Å²) in [7, 11) is 0. The number of nitrogens with one attached hydrogen (secondary N) is 1. The number of hydrogen-bond acceptors (Lipinski definition) is 3. The van der Waals surface area contributed by atoms with Crippen LogP contribution in [0, 0.1) is 5.92 Å². The van der Waals surface area contributed by atoms with E-state index in [9.17, 15) is 5.11 Å². The average molecular weight is 261 g/mol. The minimum atomic E-state index is 0.382. The molecule has 0 amide bonds. The molecule has 1 fully saturated rings. The molecule has 2 aliphatic carbocycles. The van der Waals surface area contributed by atoms with Crippen molar-refractivity contribution in [2.45, 2.75) is 38.1 Å². The molecule has 2 N–H and O–H groups in total. The van der Waals surface area contributed by atoms with Crippen molar-refractivity contribution in [3.8, 4) is 5.75 Å². The SMILES string of the molecule is Oc1ccc2c(c1)CCCC2NCCOCC1CC1. The summed E-state index contributed by atoms with van der Waals surface area (Å²) in [5, 5.41) is 13.1. The first-order chi connectivity index (χ1) is 9.33. The maximum absolute atomic E-state index is 9.54. The van der Waals surface area contributed by atoms with Crippen LogP contribution in [0.3, 0.4) is 0 Å². The lowest BCUT2D eigenvalue weighted by molar-refractivity contribution is 0.123. The largest absolute Gasteiger partial charge is 0.508 e. The minimum absolute atomic E-state index is 0.382. The number of phenols is 1. The first-order valence-corrected chi connectivity index (χ1v) is 7.46. The summed E-state index contributed by atoms with van der Waals surface area (Å²) in [5.74, 6) is 1.23. The van der Waals surface area contributed by atoms with Gasteiger partial charge in [0.15, 0.2) is 0 Å². The van der Waals surface area contributed by atoms with E-state index in [-0.39, 0.29) is 0 Å². The van der Waals surface area contributed by atoms with Crippen LogP contribution in [-0.4, -0.2) is 24.9 Å². The minimum Gasteiger partial charge on any atom is -0.508 e. The van der Waals surface area contributed by atoms with Gasteiger partial charge in [-0.15, -0.1) is 0 Å². The fraction of sp³-hybridized carbons (Fsp3) is 0.625. The molecule has 1 aromatic carbocycles. The summed E-state index contributed by atoms with van der Waals surface area (Å²) in [4.78, 5) is 0. The van der Waals surface area contributed by atoms with Crippen LogP contribution in [0.5, 0.6) is 5.75 Å². The zero-order valence-electron chi connectivity index (χ0n) is 11.4. The highest BCUT2D eigenvalue weighted by Gasteiger charge is 2.22. The highest BCUT2D eigenvalue weighted by atomic mass is 16.5. The molecule has 3 heteroatoms. The second-order valence-corrected chi connectivity index (χ2v) is 5.80. The first kappa shape index (κ1) is 12.9. The van der Waals surface area contributed by atoms with E-state index in [0.29, 0.717) is 11.8 Å². The van der Waals surface area contributed by atoms with Crippen molar-refractivity contribution < 1.29 is 9.84 Å². The molecule has 1 saturated carbocycles. The molecule has 104 valence electrons. The van der Waals surface area contributed by atoms with Crippen LogP contribution in [0.15, 0.2) is 18.2 Å². The zero-order chi connectivity index (χ0) is 13.1. The lowest BCUT2D eigenvalue weighted by Crippen LogP contribution is -2.28. The number of benzene rings is 1. The van der Waals surface area contributed by atoms with Crippen molar-refractivity contribution >= 4 is 0 Å². The molecule has 0 aliphatic heterocycles. The fourth-order valence-electron chi connectivity index (χ4n) is 2.85. The van der Waals surface area contributed by atoms with Gasteiger partial charge in [-0.3, -0.25) is 0 Å². The molecule has 0 heterocycles. The molecule has 1 atom stereocenters. The first-order valence-electron chi connectivity index (χ1n) is 7.46. The van der Waals surface area contributed by atoms with E-state index in [0.717, 1.165) is 32.1 Å². The van der Waals surface area contributed by atoms with E-state index in [2.05, 4.69) is 11.4 Å². The Morgan fingerprint density at radius 2 is 2.16 bits per heavy atom. The van der Waals surface area contributed by atoms with Gasteiger partial charge in [0.05, 0.1) is 6.61 Å². The van der Waals surface area contributed by atoms with Crippen LogP contribution in [0.1, 0.15) is 42.9 Å². The lowest BCUT2D eigenvalue weighted by Gasteiger charge is -2.26. The second kappa shape index (κ2) is 5.93. The van der Waals surface area contributed by atoms with E-state index in [1.165, 1.54) is 36.8 Å². The summed E-state index contributed by atoms with van der Waals surface area (Å²) >= 11 is 0. The zero-order valence-corrected chi connectivity index (χ0v) is 11.4. The highest BCUT2D eigenvalue weighted by molar-refractivity contribution is 5.38. The summed E-state index contributed by atoms with van der Waals surface area (Å²) < 4.78 is 5.65. The van der Waals surface area contributed by atoms with Crippen molar-refractivity contribution in [1.29, 1.82) is 0 Å². The molecular weight excluding hydrogens is 238 g/mol. The summed E-state index contributed by atoms with van der Waals surface area (Å²) in [6.07, 6.45) is 6.16. The predicted octanol–water partition coefficient (Wildman–Crippen LogP) is 2.79. The number of fused-ring (bicyclic) bond motifs is 1. The molecule has 0 aromatic heterocycles. The average Bonchev–Trinajstić information content (AvgIpc) is 3.22. The Balaban J connectivity index is 1.48. The van der Waals surface area contributed by atoms with Crippen LogP contribution in [-0.2, 0) is 11.2 Å². The molecule has 0 spiro atoms. The van der Waals surface area contributed by atoms with Gasteiger partial charge in [0.2, 0.25) is 0 Å². The smallest absolute Gasteiger partial charge is 0.115 e. The van der Waals surface area contributed by atoms with Crippen LogP contribution in [0.4, 0.5) is 0 Å². The standard InChI is InChI=1S/C16H23NO2/c18-14-6-7-15-13(10-14)2-1-3-16(15)17-8-9-19-11-12-4-5-12/h6-7,10,12,16-18H,1-5,8-9,11H2. The quantitative estimate of drug-likeness (QED) is 0.774. The van der Waals surface area contributed by atoms with Gasteiger partial charge in [0.1, 0.15) is 5.75 Å². The van der Waals surface area contributed by atoms with Gasteiger partial charge < -0.3 is 15.2 Å². The van der Waals surface area contributed by atoms with Crippen LogP contribution < -0.4 is 5.32 Å². The topological polar surface area (TPSA) is 41.5 Å². The fourth-order valence-corrected chi connectivity index (χ4v) is 2.85. The number of aromatic hydroxyl groups is 1. The number of hydrogen-bond donors (Lipinski definition) is 2. The highest BCUT2D eigenvalue weighted by Crippen LogP contribution is 2.31. The molecule has 2 aliphatic rings. The van der Waals surface area contributed by atoms with Gasteiger partial charge >= 0.3 is 0 Å². The number of phenolic OH excluding ortho intramolecular Hbond substituents is 1. The van der Waals surface area contributed by atoms with E-state index in [1.807, 2.05) is 6.07 Å². The Hall–Kier alpha value is -1.06. The van der Waals surface area contributed by atoms with Gasteiger partial charge in [-0.05, 0) is 61.3 Å². The molecule has 1 unspecified atom stereocenters. The van der Waals surface area contributed by atoms with E-state index >= 15 is 0 Å². The Bertz CT molecular complexity index is 429. The molecule has 19 heavy (non-hydrogen) atoms. The van der Waals surface area contributed by atoms with E-state index in [1.54, 1.807) is 6.07 Å². The Morgan fingerprint density at radius 3 is 3.00 bits per heavy atom. The monoisotopic (exact) mass is 261 g/mol. The van der Waals surface area contributed by atoms with Crippen LogP contribution in [0.2, 0.25) is 0 Å². The van der Waals surface area contributed by atoms with Gasteiger partial charge in [-0.1, -0.05) is 6.07 Å². The normalized spacial score (nSPS) is 22.2. The van der Waals surface area contributed by atoms with Gasteiger partial charge in [0.25, 0.3) is 0 Å². The van der Waals surface area contributed by atoms with Gasteiger partial charge in [-0.2, -0.15) is 0 Å².